The zero-order chi connectivity index (χ0) is 20.4. The molecule has 29 heavy (non-hydrogen) atoms. The molecule has 1 saturated heterocycles. The van der Waals surface area contributed by atoms with E-state index >= 15 is 0 Å². The fourth-order valence-corrected chi connectivity index (χ4v) is 4.21. The number of rotatable bonds is 4. The molecule has 4 rings (SSSR count). The van der Waals surface area contributed by atoms with Crippen LogP contribution in [-0.2, 0) is 9.59 Å². The Labute approximate surface area is 171 Å². The summed E-state index contributed by atoms with van der Waals surface area (Å²) in [5.41, 5.74) is 3.27. The summed E-state index contributed by atoms with van der Waals surface area (Å²) in [6.45, 7) is 5.58. The van der Waals surface area contributed by atoms with E-state index in [0.29, 0.717) is 12.8 Å². The van der Waals surface area contributed by atoms with Crippen molar-refractivity contribution in [2.75, 3.05) is 29.9 Å². The topological polar surface area (TPSA) is 73.5 Å². The molecule has 2 aromatic rings. The second-order valence-electron chi connectivity index (χ2n) is 8.07. The highest BCUT2D eigenvalue weighted by Gasteiger charge is 2.46. The molecule has 0 saturated carbocycles. The lowest BCUT2D eigenvalue weighted by Crippen LogP contribution is -2.62. The lowest BCUT2D eigenvalue weighted by molar-refractivity contribution is -0.127. The summed E-state index contributed by atoms with van der Waals surface area (Å²) < 4.78 is 0. The van der Waals surface area contributed by atoms with Gasteiger partial charge in [0, 0.05) is 0 Å². The first kappa shape index (κ1) is 19.5. The number of carbonyl (C=O) groups is 2. The molecule has 1 spiro atoms. The number of amides is 2. The molecular weight excluding hydrogens is 364 g/mol. The molecule has 2 aliphatic heterocycles. The van der Waals surface area contributed by atoms with Crippen molar-refractivity contribution in [2.45, 2.75) is 38.3 Å². The maximum atomic E-state index is 13.4. The first-order valence-corrected chi connectivity index (χ1v) is 10.2. The van der Waals surface area contributed by atoms with Crippen LogP contribution in [0, 0.1) is 6.92 Å². The van der Waals surface area contributed by atoms with Gasteiger partial charge in [0.05, 0.1) is 17.4 Å². The number of benzene rings is 2. The van der Waals surface area contributed by atoms with Crippen molar-refractivity contribution >= 4 is 23.2 Å². The molecule has 0 aromatic heterocycles. The van der Waals surface area contributed by atoms with E-state index in [1.165, 1.54) is 5.56 Å². The molecule has 0 unspecified atom stereocenters. The van der Waals surface area contributed by atoms with Gasteiger partial charge in [-0.2, -0.15) is 0 Å². The van der Waals surface area contributed by atoms with Gasteiger partial charge in [-0.05, 0) is 57.5 Å². The van der Waals surface area contributed by atoms with E-state index in [2.05, 4.69) is 16.0 Å². The molecule has 1 atom stereocenters. The minimum Gasteiger partial charge on any atom is -0.369 e. The first-order valence-electron chi connectivity index (χ1n) is 10.2. The molecule has 3 N–H and O–H groups in total. The van der Waals surface area contributed by atoms with Gasteiger partial charge in [-0.25, -0.2) is 0 Å². The van der Waals surface area contributed by atoms with Gasteiger partial charge >= 0.3 is 0 Å². The smallest absolute Gasteiger partial charge is 0.253 e. The van der Waals surface area contributed by atoms with Gasteiger partial charge in [0.15, 0.2) is 0 Å². The normalized spacial score (nSPS) is 18.7. The van der Waals surface area contributed by atoms with Crippen LogP contribution in [-0.4, -0.2) is 37.0 Å². The number of hydrogen-bond donors (Lipinski definition) is 3. The van der Waals surface area contributed by atoms with Crippen molar-refractivity contribution in [1.29, 1.82) is 0 Å². The van der Waals surface area contributed by atoms with Gasteiger partial charge in [0.2, 0.25) is 5.91 Å². The number of nitrogens with zero attached hydrogens (tertiary/aromatic N) is 1. The van der Waals surface area contributed by atoms with E-state index in [1.54, 1.807) is 4.90 Å². The number of carbonyl (C=O) groups excluding carboxylic acids is 2. The van der Waals surface area contributed by atoms with Crippen molar-refractivity contribution in [2.24, 2.45) is 0 Å². The number of piperidine rings is 1. The van der Waals surface area contributed by atoms with Crippen LogP contribution in [0.4, 0.5) is 11.4 Å². The summed E-state index contributed by atoms with van der Waals surface area (Å²) in [6, 6.07) is 15.7. The van der Waals surface area contributed by atoms with Gasteiger partial charge in [0.1, 0.15) is 12.1 Å². The van der Waals surface area contributed by atoms with E-state index in [4.69, 9.17) is 0 Å². The highest BCUT2D eigenvalue weighted by atomic mass is 16.2. The Bertz CT molecular complexity index is 903. The number of aryl methyl sites for hydroxylation is 1. The quantitative estimate of drug-likeness (QED) is 0.748. The molecule has 0 bridgehead atoms. The van der Waals surface area contributed by atoms with Gasteiger partial charge < -0.3 is 16.0 Å². The van der Waals surface area contributed by atoms with Crippen LogP contribution in [0.2, 0.25) is 0 Å². The number of nitrogens with one attached hydrogen (secondary N) is 3. The number of anilines is 2. The number of hydrogen-bond acceptors (Lipinski definition) is 4. The largest absolute Gasteiger partial charge is 0.369 e. The fourth-order valence-electron chi connectivity index (χ4n) is 4.21. The Balaban J connectivity index is 1.53. The molecule has 6 heteroatoms. The van der Waals surface area contributed by atoms with Crippen LogP contribution in [0.25, 0.3) is 0 Å². The second-order valence-corrected chi connectivity index (χ2v) is 8.07. The summed E-state index contributed by atoms with van der Waals surface area (Å²) in [7, 11) is 0. The third kappa shape index (κ3) is 3.85. The van der Waals surface area contributed by atoms with E-state index in [-0.39, 0.29) is 24.4 Å². The third-order valence-corrected chi connectivity index (χ3v) is 5.94. The summed E-state index contributed by atoms with van der Waals surface area (Å²) >= 11 is 0. The van der Waals surface area contributed by atoms with Gasteiger partial charge in [-0.3, -0.25) is 14.5 Å². The third-order valence-electron chi connectivity index (χ3n) is 5.94. The van der Waals surface area contributed by atoms with Gasteiger partial charge in [-0.1, -0.05) is 42.0 Å². The molecule has 2 amide bonds. The zero-order valence-corrected chi connectivity index (χ0v) is 17.0. The van der Waals surface area contributed by atoms with Crippen molar-refractivity contribution in [3.05, 3.63) is 59.7 Å². The predicted molar refractivity (Wildman–Crippen MR) is 115 cm³/mol. The summed E-state index contributed by atoms with van der Waals surface area (Å²) in [4.78, 5) is 27.9. The number of fused-ring (bicyclic) bond motifs is 1. The van der Waals surface area contributed by atoms with Crippen molar-refractivity contribution in [1.82, 2.24) is 10.6 Å². The van der Waals surface area contributed by atoms with Crippen molar-refractivity contribution in [3.8, 4) is 0 Å². The van der Waals surface area contributed by atoms with Crippen LogP contribution in [0.15, 0.2) is 48.5 Å². The molecular formula is C23H28N4O2. The molecule has 0 radical (unpaired) electrons. The lowest BCUT2D eigenvalue weighted by atomic mass is 9.84. The van der Waals surface area contributed by atoms with Crippen LogP contribution < -0.4 is 20.9 Å². The summed E-state index contributed by atoms with van der Waals surface area (Å²) in [5.74, 6) is -0.178. The van der Waals surface area contributed by atoms with Crippen molar-refractivity contribution in [3.63, 3.8) is 0 Å². The van der Waals surface area contributed by atoms with Gasteiger partial charge in [-0.15, -0.1) is 0 Å². The minimum atomic E-state index is -0.636. The maximum absolute atomic E-state index is 13.4. The SMILES string of the molecule is Cc1ccc([C@H](C)NC(=O)CN2C(=O)C3(CCNCC3)Nc3ccccc32)cc1. The molecule has 1 fully saturated rings. The summed E-state index contributed by atoms with van der Waals surface area (Å²) in [5, 5.41) is 9.83. The van der Waals surface area contributed by atoms with E-state index in [0.717, 1.165) is 30.0 Å². The minimum absolute atomic E-state index is 0.0168. The van der Waals surface area contributed by atoms with E-state index in [9.17, 15) is 9.59 Å². The standard InChI is InChI=1S/C23H28N4O2/c1-16-7-9-18(10-8-16)17(2)25-21(28)15-27-20-6-4-3-5-19(20)26-23(22(27)29)11-13-24-14-12-23/h3-10,17,24,26H,11-15H2,1-2H3,(H,25,28)/t17-/m0/s1. The molecule has 6 nitrogen and oxygen atoms in total. The Morgan fingerprint density at radius 1 is 1.14 bits per heavy atom. The fraction of sp³-hybridized carbons (Fsp3) is 0.391. The second kappa shape index (κ2) is 7.87. The molecule has 2 aromatic carbocycles. The maximum Gasteiger partial charge on any atom is 0.253 e. The molecule has 152 valence electrons. The van der Waals surface area contributed by atoms with E-state index < -0.39 is 5.54 Å². The van der Waals surface area contributed by atoms with Crippen molar-refractivity contribution < 1.29 is 9.59 Å². The Kier molecular flexibility index (Phi) is 5.28. The van der Waals surface area contributed by atoms with E-state index in [1.807, 2.05) is 62.4 Å². The molecule has 2 heterocycles. The number of para-hydroxylation sites is 2. The van der Waals surface area contributed by atoms with Crippen LogP contribution in [0.3, 0.4) is 0 Å². The molecule has 2 aliphatic rings. The predicted octanol–water partition coefficient (Wildman–Crippen LogP) is 2.75. The lowest BCUT2D eigenvalue weighted by Gasteiger charge is -2.45. The average Bonchev–Trinajstić information content (AvgIpc) is 2.72. The Morgan fingerprint density at radius 3 is 2.55 bits per heavy atom. The van der Waals surface area contributed by atoms with Crippen LogP contribution in [0.1, 0.15) is 36.9 Å². The highest BCUT2D eigenvalue weighted by molar-refractivity contribution is 6.10. The van der Waals surface area contributed by atoms with Gasteiger partial charge in [0.25, 0.3) is 5.91 Å². The Morgan fingerprint density at radius 2 is 1.83 bits per heavy atom. The van der Waals surface area contributed by atoms with Crippen LogP contribution >= 0.6 is 0 Å². The monoisotopic (exact) mass is 392 g/mol. The Hall–Kier alpha value is -2.86. The van der Waals surface area contributed by atoms with Crippen LogP contribution in [0.5, 0.6) is 0 Å². The first-order chi connectivity index (χ1) is 14.0. The summed E-state index contributed by atoms with van der Waals surface area (Å²) in [6.07, 6.45) is 1.41. The average molecular weight is 393 g/mol. The zero-order valence-electron chi connectivity index (χ0n) is 17.0. The molecule has 0 aliphatic carbocycles. The highest BCUT2D eigenvalue weighted by Crippen LogP contribution is 2.38.